The SMILES string of the molecule is Cc1ncc(CNCC(C)CCO)n1-c1ccccc1. The minimum Gasteiger partial charge on any atom is -0.396 e. The van der Waals surface area contributed by atoms with E-state index >= 15 is 0 Å². The lowest BCUT2D eigenvalue weighted by Gasteiger charge is -2.13. The first-order valence-corrected chi connectivity index (χ1v) is 7.12. The molecule has 0 bridgehead atoms. The molecule has 0 aliphatic rings. The second kappa shape index (κ2) is 7.22. The number of aryl methyl sites for hydroxylation is 1. The predicted molar refractivity (Wildman–Crippen MR) is 80.9 cm³/mol. The van der Waals surface area contributed by atoms with Gasteiger partial charge < -0.3 is 10.4 Å². The molecule has 0 saturated heterocycles. The number of nitrogens with zero attached hydrogens (tertiary/aromatic N) is 2. The molecule has 0 fully saturated rings. The number of aliphatic hydroxyl groups excluding tert-OH is 1. The van der Waals surface area contributed by atoms with Crippen LogP contribution in [-0.4, -0.2) is 27.8 Å². The summed E-state index contributed by atoms with van der Waals surface area (Å²) in [7, 11) is 0. The highest BCUT2D eigenvalue weighted by atomic mass is 16.3. The number of aliphatic hydroxyl groups is 1. The molecule has 0 aliphatic carbocycles. The summed E-state index contributed by atoms with van der Waals surface area (Å²) < 4.78 is 2.17. The first kappa shape index (κ1) is 14.8. The van der Waals surface area contributed by atoms with Gasteiger partial charge in [0.25, 0.3) is 0 Å². The van der Waals surface area contributed by atoms with Crippen molar-refractivity contribution in [2.75, 3.05) is 13.2 Å². The Balaban J connectivity index is 2.03. The molecule has 1 aromatic carbocycles. The quantitative estimate of drug-likeness (QED) is 0.814. The molecule has 0 spiro atoms. The zero-order valence-corrected chi connectivity index (χ0v) is 12.2. The smallest absolute Gasteiger partial charge is 0.110 e. The Bertz CT molecular complexity index is 522. The molecule has 4 nitrogen and oxygen atoms in total. The number of hydrogen-bond acceptors (Lipinski definition) is 3. The van der Waals surface area contributed by atoms with Crippen molar-refractivity contribution in [3.8, 4) is 5.69 Å². The summed E-state index contributed by atoms with van der Waals surface area (Å²) in [5.74, 6) is 1.48. The average Bonchev–Trinajstić information content (AvgIpc) is 2.81. The molecule has 20 heavy (non-hydrogen) atoms. The number of benzene rings is 1. The van der Waals surface area contributed by atoms with Crippen molar-refractivity contribution in [1.82, 2.24) is 14.9 Å². The number of imidazole rings is 1. The fourth-order valence-corrected chi connectivity index (χ4v) is 2.31. The molecule has 1 aromatic heterocycles. The molecule has 0 saturated carbocycles. The van der Waals surface area contributed by atoms with E-state index in [0.29, 0.717) is 5.92 Å². The molecule has 4 heteroatoms. The summed E-state index contributed by atoms with van der Waals surface area (Å²) in [5.41, 5.74) is 2.30. The van der Waals surface area contributed by atoms with Crippen molar-refractivity contribution < 1.29 is 5.11 Å². The van der Waals surface area contributed by atoms with Crippen molar-refractivity contribution in [1.29, 1.82) is 0 Å². The lowest BCUT2D eigenvalue weighted by Crippen LogP contribution is -2.22. The molecule has 2 N–H and O–H groups in total. The van der Waals surface area contributed by atoms with E-state index in [1.807, 2.05) is 31.3 Å². The van der Waals surface area contributed by atoms with Crippen LogP contribution in [-0.2, 0) is 6.54 Å². The van der Waals surface area contributed by atoms with E-state index in [0.717, 1.165) is 36.7 Å². The largest absolute Gasteiger partial charge is 0.396 e. The van der Waals surface area contributed by atoms with E-state index in [9.17, 15) is 0 Å². The maximum atomic E-state index is 8.91. The molecular formula is C16H23N3O. The number of hydrogen-bond donors (Lipinski definition) is 2. The standard InChI is InChI=1S/C16H23N3O/c1-13(8-9-20)10-17-11-16-12-18-14(2)19(16)15-6-4-3-5-7-15/h3-7,12-13,17,20H,8-11H2,1-2H3. The first-order valence-electron chi connectivity index (χ1n) is 7.12. The average molecular weight is 273 g/mol. The highest BCUT2D eigenvalue weighted by Gasteiger charge is 2.08. The number of aromatic nitrogens is 2. The van der Waals surface area contributed by atoms with Crippen LogP contribution in [0.1, 0.15) is 24.9 Å². The molecule has 108 valence electrons. The minimum atomic E-state index is 0.254. The van der Waals surface area contributed by atoms with Gasteiger partial charge in [-0.25, -0.2) is 4.98 Å². The summed E-state index contributed by atoms with van der Waals surface area (Å²) in [6, 6.07) is 10.3. The lowest BCUT2D eigenvalue weighted by atomic mass is 10.1. The van der Waals surface area contributed by atoms with Gasteiger partial charge in [0.2, 0.25) is 0 Å². The summed E-state index contributed by atoms with van der Waals surface area (Å²) in [5, 5.41) is 12.3. The van der Waals surface area contributed by atoms with Crippen LogP contribution in [0, 0.1) is 12.8 Å². The zero-order chi connectivity index (χ0) is 14.4. The third kappa shape index (κ3) is 3.68. The Morgan fingerprint density at radius 1 is 1.30 bits per heavy atom. The van der Waals surface area contributed by atoms with Crippen LogP contribution in [0.15, 0.2) is 36.5 Å². The molecular weight excluding hydrogens is 250 g/mol. The maximum Gasteiger partial charge on any atom is 0.110 e. The Morgan fingerprint density at radius 3 is 2.75 bits per heavy atom. The van der Waals surface area contributed by atoms with Gasteiger partial charge in [-0.15, -0.1) is 0 Å². The van der Waals surface area contributed by atoms with Gasteiger partial charge in [-0.2, -0.15) is 0 Å². The summed E-state index contributed by atoms with van der Waals surface area (Å²) in [6.45, 7) is 6.10. The van der Waals surface area contributed by atoms with Crippen LogP contribution in [0.3, 0.4) is 0 Å². The number of rotatable bonds is 7. The fraction of sp³-hybridized carbons (Fsp3) is 0.438. The van der Waals surface area contributed by atoms with Crippen molar-refractivity contribution in [3.05, 3.63) is 48.0 Å². The van der Waals surface area contributed by atoms with Crippen LogP contribution >= 0.6 is 0 Å². The van der Waals surface area contributed by atoms with Gasteiger partial charge in [-0.3, -0.25) is 4.57 Å². The molecule has 1 atom stereocenters. The fourth-order valence-electron chi connectivity index (χ4n) is 2.31. The monoisotopic (exact) mass is 273 g/mol. The van der Waals surface area contributed by atoms with Crippen molar-refractivity contribution >= 4 is 0 Å². The van der Waals surface area contributed by atoms with E-state index in [4.69, 9.17) is 5.11 Å². The molecule has 2 aromatic rings. The van der Waals surface area contributed by atoms with Gasteiger partial charge in [-0.05, 0) is 37.9 Å². The number of nitrogens with one attached hydrogen (secondary N) is 1. The van der Waals surface area contributed by atoms with E-state index in [-0.39, 0.29) is 6.61 Å². The van der Waals surface area contributed by atoms with Gasteiger partial charge in [0, 0.05) is 18.8 Å². The van der Waals surface area contributed by atoms with Crippen LogP contribution in [0.25, 0.3) is 5.69 Å². The normalized spacial score (nSPS) is 12.6. The van der Waals surface area contributed by atoms with Gasteiger partial charge >= 0.3 is 0 Å². The topological polar surface area (TPSA) is 50.1 Å². The first-order chi connectivity index (χ1) is 9.72. The molecule has 1 unspecified atom stereocenters. The Labute approximate surface area is 120 Å². The third-order valence-corrected chi connectivity index (χ3v) is 3.45. The third-order valence-electron chi connectivity index (χ3n) is 3.45. The van der Waals surface area contributed by atoms with Gasteiger partial charge in [0.1, 0.15) is 5.82 Å². The summed E-state index contributed by atoms with van der Waals surface area (Å²) in [6.07, 6.45) is 2.76. The zero-order valence-electron chi connectivity index (χ0n) is 12.2. The lowest BCUT2D eigenvalue weighted by molar-refractivity contribution is 0.260. The van der Waals surface area contributed by atoms with Gasteiger partial charge in [0.05, 0.1) is 11.9 Å². The van der Waals surface area contributed by atoms with Crippen LogP contribution in [0.5, 0.6) is 0 Å². The highest BCUT2D eigenvalue weighted by Crippen LogP contribution is 2.14. The van der Waals surface area contributed by atoms with E-state index in [1.54, 1.807) is 0 Å². The minimum absolute atomic E-state index is 0.254. The van der Waals surface area contributed by atoms with Gasteiger partial charge in [-0.1, -0.05) is 25.1 Å². The van der Waals surface area contributed by atoms with E-state index < -0.39 is 0 Å². The second-order valence-electron chi connectivity index (χ2n) is 5.22. The van der Waals surface area contributed by atoms with E-state index in [1.165, 1.54) is 0 Å². The van der Waals surface area contributed by atoms with Crippen LogP contribution < -0.4 is 5.32 Å². The number of para-hydroxylation sites is 1. The molecule has 1 heterocycles. The van der Waals surface area contributed by atoms with Crippen molar-refractivity contribution in [3.63, 3.8) is 0 Å². The molecule has 0 radical (unpaired) electrons. The Hall–Kier alpha value is -1.65. The van der Waals surface area contributed by atoms with Crippen LogP contribution in [0.2, 0.25) is 0 Å². The molecule has 2 rings (SSSR count). The van der Waals surface area contributed by atoms with Crippen molar-refractivity contribution in [2.24, 2.45) is 5.92 Å². The van der Waals surface area contributed by atoms with Gasteiger partial charge in [0.15, 0.2) is 0 Å². The van der Waals surface area contributed by atoms with Crippen molar-refractivity contribution in [2.45, 2.75) is 26.8 Å². The second-order valence-corrected chi connectivity index (χ2v) is 5.22. The molecule has 0 amide bonds. The molecule has 0 aliphatic heterocycles. The van der Waals surface area contributed by atoms with E-state index in [2.05, 4.69) is 33.9 Å². The maximum absolute atomic E-state index is 8.91. The highest BCUT2D eigenvalue weighted by molar-refractivity contribution is 5.35. The van der Waals surface area contributed by atoms with Crippen LogP contribution in [0.4, 0.5) is 0 Å². The Morgan fingerprint density at radius 2 is 2.05 bits per heavy atom. The Kier molecular flexibility index (Phi) is 5.32. The predicted octanol–water partition coefficient (Wildman–Crippen LogP) is 2.29. The summed E-state index contributed by atoms with van der Waals surface area (Å²) in [4.78, 5) is 4.41. The summed E-state index contributed by atoms with van der Waals surface area (Å²) >= 11 is 0.